The number of rotatable bonds is 1. The summed E-state index contributed by atoms with van der Waals surface area (Å²) in [4.78, 5) is 18.3. The molecule has 1 N–H and O–H groups in total. The predicted molar refractivity (Wildman–Crippen MR) is 90.1 cm³/mol. The molecule has 126 valence electrons. The second-order valence-corrected chi connectivity index (χ2v) is 7.13. The molecule has 5 rings (SSSR count). The number of hydrogen-bond donors (Lipinski definition) is 1. The van der Waals surface area contributed by atoms with Crippen LogP contribution in [-0.2, 0) is 22.3 Å². The average molecular weight is 326 g/mol. The summed E-state index contributed by atoms with van der Waals surface area (Å²) < 4.78 is 11.5. The summed E-state index contributed by atoms with van der Waals surface area (Å²) >= 11 is 0. The fourth-order valence-corrected chi connectivity index (χ4v) is 4.38. The van der Waals surface area contributed by atoms with E-state index in [0.29, 0.717) is 26.3 Å². The van der Waals surface area contributed by atoms with E-state index in [2.05, 4.69) is 17.1 Å². The number of carbonyl (C=O) groups is 1. The lowest BCUT2D eigenvalue weighted by Crippen LogP contribution is -2.36. The first-order chi connectivity index (χ1) is 11.7. The Morgan fingerprint density at radius 2 is 2.00 bits per heavy atom. The van der Waals surface area contributed by atoms with Gasteiger partial charge in [0.15, 0.2) is 5.79 Å². The minimum atomic E-state index is -0.549. The number of ether oxygens (including phenoxy) is 2. The summed E-state index contributed by atoms with van der Waals surface area (Å²) in [5.41, 5.74) is 4.68. The predicted octanol–water partition coefficient (Wildman–Crippen LogP) is 2.64. The molecular formula is C19H22N2O3. The van der Waals surface area contributed by atoms with Crippen LogP contribution in [0.3, 0.4) is 0 Å². The molecule has 1 aromatic heterocycles. The van der Waals surface area contributed by atoms with Gasteiger partial charge in [-0.15, -0.1) is 0 Å². The van der Waals surface area contributed by atoms with Crippen LogP contribution in [-0.4, -0.2) is 47.9 Å². The first-order valence-corrected chi connectivity index (χ1v) is 8.95. The maximum atomic E-state index is 12.9. The standard InChI is InChI=1S/C19H22N2O3/c22-18(21-8-7-19(12-21)23-9-10-24-19)13-5-6-17-15(11-13)14-3-1-2-4-16(14)20-17/h5-6,11,20H,1-4,7-10,12H2. The first-order valence-electron chi connectivity index (χ1n) is 8.95. The summed E-state index contributed by atoms with van der Waals surface area (Å²) in [6.07, 6.45) is 5.49. The van der Waals surface area contributed by atoms with Gasteiger partial charge >= 0.3 is 0 Å². The lowest BCUT2D eigenvalue weighted by atomic mass is 9.95. The van der Waals surface area contributed by atoms with Gasteiger partial charge in [-0.1, -0.05) is 0 Å². The number of benzene rings is 1. The molecule has 0 atom stereocenters. The molecule has 1 aromatic carbocycles. The molecule has 5 heteroatoms. The Balaban J connectivity index is 1.45. The highest BCUT2D eigenvalue weighted by Gasteiger charge is 2.44. The summed E-state index contributed by atoms with van der Waals surface area (Å²) in [6, 6.07) is 6.06. The summed E-state index contributed by atoms with van der Waals surface area (Å²) in [5.74, 6) is -0.467. The average Bonchev–Trinajstić information content (AvgIpc) is 3.33. The number of fused-ring (bicyclic) bond motifs is 3. The van der Waals surface area contributed by atoms with Crippen molar-refractivity contribution in [2.45, 2.75) is 37.9 Å². The zero-order valence-electron chi connectivity index (χ0n) is 13.8. The largest absolute Gasteiger partial charge is 0.358 e. The van der Waals surface area contributed by atoms with E-state index in [1.54, 1.807) is 0 Å². The van der Waals surface area contributed by atoms with Crippen molar-refractivity contribution in [3.63, 3.8) is 0 Å². The van der Waals surface area contributed by atoms with Crippen molar-refractivity contribution in [2.24, 2.45) is 0 Å². The van der Waals surface area contributed by atoms with Crippen LogP contribution >= 0.6 is 0 Å². The van der Waals surface area contributed by atoms with Gasteiger partial charge in [0, 0.05) is 35.1 Å². The highest BCUT2D eigenvalue weighted by Crippen LogP contribution is 2.33. The minimum absolute atomic E-state index is 0.0821. The number of hydrogen-bond acceptors (Lipinski definition) is 3. The Hall–Kier alpha value is -1.85. The molecule has 2 aliphatic heterocycles. The molecule has 1 spiro atoms. The second-order valence-electron chi connectivity index (χ2n) is 7.13. The number of amides is 1. The molecule has 0 radical (unpaired) electrons. The maximum Gasteiger partial charge on any atom is 0.254 e. The molecule has 0 unspecified atom stereocenters. The van der Waals surface area contributed by atoms with Crippen LogP contribution in [0.2, 0.25) is 0 Å². The van der Waals surface area contributed by atoms with Crippen LogP contribution in [0.4, 0.5) is 0 Å². The lowest BCUT2D eigenvalue weighted by molar-refractivity contribution is -0.143. The quantitative estimate of drug-likeness (QED) is 0.876. The fourth-order valence-electron chi connectivity index (χ4n) is 4.38. The second kappa shape index (κ2) is 5.33. The molecule has 0 saturated carbocycles. The van der Waals surface area contributed by atoms with Gasteiger partial charge in [-0.3, -0.25) is 4.79 Å². The number of aromatic amines is 1. The summed E-state index contributed by atoms with van der Waals surface area (Å²) in [6.45, 7) is 2.49. The van der Waals surface area contributed by atoms with Gasteiger partial charge in [0.05, 0.1) is 19.8 Å². The zero-order valence-corrected chi connectivity index (χ0v) is 13.8. The summed E-state index contributed by atoms with van der Waals surface area (Å²) in [5, 5.41) is 1.22. The Labute approximate surface area is 140 Å². The van der Waals surface area contributed by atoms with Gasteiger partial charge in [-0.2, -0.15) is 0 Å². The smallest absolute Gasteiger partial charge is 0.254 e. The summed E-state index contributed by atoms with van der Waals surface area (Å²) in [7, 11) is 0. The normalized spacial score (nSPS) is 22.4. The number of nitrogens with one attached hydrogen (secondary N) is 1. The molecule has 2 aromatic rings. The van der Waals surface area contributed by atoms with Gasteiger partial charge in [0.2, 0.25) is 0 Å². The highest BCUT2D eigenvalue weighted by molar-refractivity contribution is 5.99. The number of likely N-dealkylation sites (tertiary alicyclic amines) is 1. The number of H-pyrrole nitrogens is 1. The lowest BCUT2D eigenvalue weighted by Gasteiger charge is -2.22. The van der Waals surface area contributed by atoms with Crippen molar-refractivity contribution < 1.29 is 14.3 Å². The van der Waals surface area contributed by atoms with Gasteiger partial charge < -0.3 is 19.4 Å². The third kappa shape index (κ3) is 2.19. The van der Waals surface area contributed by atoms with Crippen molar-refractivity contribution >= 4 is 16.8 Å². The molecule has 5 nitrogen and oxygen atoms in total. The van der Waals surface area contributed by atoms with E-state index in [1.165, 1.54) is 29.5 Å². The van der Waals surface area contributed by atoms with Crippen LogP contribution in [0.25, 0.3) is 10.9 Å². The van der Waals surface area contributed by atoms with E-state index in [9.17, 15) is 4.79 Å². The molecule has 2 saturated heterocycles. The van der Waals surface area contributed by atoms with E-state index < -0.39 is 5.79 Å². The molecule has 2 fully saturated rings. The van der Waals surface area contributed by atoms with Gasteiger partial charge in [0.1, 0.15) is 0 Å². The Kier molecular flexibility index (Phi) is 3.22. The Morgan fingerprint density at radius 1 is 1.17 bits per heavy atom. The van der Waals surface area contributed by atoms with Crippen molar-refractivity contribution in [3.8, 4) is 0 Å². The minimum Gasteiger partial charge on any atom is -0.358 e. The van der Waals surface area contributed by atoms with Crippen LogP contribution < -0.4 is 0 Å². The van der Waals surface area contributed by atoms with Crippen LogP contribution in [0.15, 0.2) is 18.2 Å². The third-order valence-corrected chi connectivity index (χ3v) is 5.64. The molecule has 1 aliphatic carbocycles. The van der Waals surface area contributed by atoms with Crippen molar-refractivity contribution in [3.05, 3.63) is 35.0 Å². The van der Waals surface area contributed by atoms with Crippen molar-refractivity contribution in [1.29, 1.82) is 0 Å². The van der Waals surface area contributed by atoms with E-state index in [1.807, 2.05) is 11.0 Å². The fraction of sp³-hybridized carbons (Fsp3) is 0.526. The molecule has 3 aliphatic rings. The van der Waals surface area contributed by atoms with Crippen LogP contribution in [0.1, 0.15) is 40.9 Å². The number of aryl methyl sites for hydroxylation is 2. The third-order valence-electron chi connectivity index (χ3n) is 5.64. The maximum absolute atomic E-state index is 12.9. The molecule has 3 heterocycles. The SMILES string of the molecule is O=C(c1ccc2[nH]c3c(c2c1)CCCC3)N1CCC2(C1)OCCO2. The van der Waals surface area contributed by atoms with E-state index in [4.69, 9.17) is 9.47 Å². The number of carbonyl (C=O) groups excluding carboxylic acids is 1. The van der Waals surface area contributed by atoms with Gasteiger partial charge in [-0.25, -0.2) is 0 Å². The van der Waals surface area contributed by atoms with E-state index in [0.717, 1.165) is 30.3 Å². The Morgan fingerprint density at radius 3 is 2.88 bits per heavy atom. The van der Waals surface area contributed by atoms with Crippen molar-refractivity contribution in [2.75, 3.05) is 26.3 Å². The Bertz CT molecular complexity index is 804. The zero-order chi connectivity index (χ0) is 16.1. The molecule has 0 bridgehead atoms. The van der Waals surface area contributed by atoms with Crippen molar-refractivity contribution in [1.82, 2.24) is 9.88 Å². The molecule has 1 amide bonds. The monoisotopic (exact) mass is 326 g/mol. The highest BCUT2D eigenvalue weighted by atomic mass is 16.7. The van der Waals surface area contributed by atoms with Crippen LogP contribution in [0, 0.1) is 0 Å². The topological polar surface area (TPSA) is 54.6 Å². The van der Waals surface area contributed by atoms with Gasteiger partial charge in [0.25, 0.3) is 5.91 Å². The number of nitrogens with zero attached hydrogens (tertiary/aromatic N) is 1. The van der Waals surface area contributed by atoms with Gasteiger partial charge in [-0.05, 0) is 49.4 Å². The van der Waals surface area contributed by atoms with E-state index in [-0.39, 0.29) is 5.91 Å². The molecular weight excluding hydrogens is 304 g/mol. The number of aromatic nitrogens is 1. The van der Waals surface area contributed by atoms with Crippen LogP contribution in [0.5, 0.6) is 0 Å². The van der Waals surface area contributed by atoms with E-state index >= 15 is 0 Å². The molecule has 24 heavy (non-hydrogen) atoms. The first kappa shape index (κ1) is 14.5.